The fraction of sp³-hybridized carbons (Fsp3) is 0.350. The summed E-state index contributed by atoms with van der Waals surface area (Å²) in [5.74, 6) is 0. The molecule has 0 aliphatic carbocycles. The smallest absolute Gasteiger partial charge is 0.159 e. The Morgan fingerprint density at radius 3 is 2.17 bits per heavy atom. The van der Waals surface area contributed by atoms with Gasteiger partial charge in [-0.15, -0.1) is 11.3 Å². The molecule has 0 amide bonds. The van der Waals surface area contributed by atoms with Crippen molar-refractivity contribution >= 4 is 33.8 Å². The highest BCUT2D eigenvalue weighted by Gasteiger charge is 2.10. The normalized spacial score (nSPS) is 10.7. The second-order valence-corrected chi connectivity index (χ2v) is 7.70. The molecule has 0 aliphatic rings. The van der Waals surface area contributed by atoms with Crippen LogP contribution in [0.15, 0.2) is 42.5 Å². The van der Waals surface area contributed by atoms with E-state index in [0.717, 1.165) is 23.5 Å². The third-order valence-electron chi connectivity index (χ3n) is 4.18. The van der Waals surface area contributed by atoms with Gasteiger partial charge in [0.15, 0.2) is 3.95 Å². The summed E-state index contributed by atoms with van der Waals surface area (Å²) in [6.45, 7) is 8.74. The van der Waals surface area contributed by atoms with Gasteiger partial charge in [-0.05, 0) is 62.8 Å². The predicted molar refractivity (Wildman–Crippen MR) is 110 cm³/mol. The molecule has 128 valence electrons. The fourth-order valence-electron chi connectivity index (χ4n) is 2.64. The van der Waals surface area contributed by atoms with Crippen molar-refractivity contribution in [2.75, 3.05) is 20.1 Å². The van der Waals surface area contributed by atoms with Crippen molar-refractivity contribution in [3.8, 4) is 0 Å². The largest absolute Gasteiger partial charge is 0.337 e. The summed E-state index contributed by atoms with van der Waals surface area (Å²) in [5, 5.41) is 0. The molecule has 0 atom stereocenters. The summed E-state index contributed by atoms with van der Waals surface area (Å²) in [6.07, 6.45) is 1.09. The molecule has 3 rings (SSSR count). The van der Waals surface area contributed by atoms with Crippen LogP contribution >= 0.6 is 23.6 Å². The van der Waals surface area contributed by atoms with Crippen LogP contribution in [-0.2, 0) is 6.42 Å². The fourth-order valence-corrected chi connectivity index (χ4v) is 4.03. The van der Waals surface area contributed by atoms with Gasteiger partial charge in [0.25, 0.3) is 0 Å². The Labute approximate surface area is 154 Å². The first kappa shape index (κ1) is 18.8. The Morgan fingerprint density at radius 1 is 1.04 bits per heavy atom. The van der Waals surface area contributed by atoms with E-state index in [1.807, 2.05) is 36.4 Å². The van der Waals surface area contributed by atoms with Crippen LogP contribution in [0.5, 0.6) is 0 Å². The maximum absolute atomic E-state index is 5.29. The van der Waals surface area contributed by atoms with Gasteiger partial charge in [-0.2, -0.15) is 0 Å². The zero-order valence-electron chi connectivity index (χ0n) is 14.9. The number of hydrogen-bond donors (Lipinski definition) is 1. The molecule has 24 heavy (non-hydrogen) atoms. The summed E-state index contributed by atoms with van der Waals surface area (Å²) < 4.78 is 2.23. The van der Waals surface area contributed by atoms with Gasteiger partial charge in [-0.1, -0.05) is 49.4 Å². The molecule has 3 aromatic rings. The Morgan fingerprint density at radius 2 is 1.62 bits per heavy atom. The number of likely N-dealkylation sites (N-methyl/N-ethyl adjacent to an activating group) is 1. The first-order valence-corrected chi connectivity index (χ1v) is 9.55. The van der Waals surface area contributed by atoms with Crippen LogP contribution < -0.4 is 0 Å². The Bertz CT molecular complexity index is 792. The van der Waals surface area contributed by atoms with E-state index >= 15 is 0 Å². The SMILES string of the molecule is CCN(C)CCc1c(C)cc(C)c2[nH]c(=S)sc12.c1ccccc1. The highest BCUT2D eigenvalue weighted by Crippen LogP contribution is 2.29. The second kappa shape index (κ2) is 9.11. The van der Waals surface area contributed by atoms with Crippen LogP contribution in [0.25, 0.3) is 10.2 Å². The average Bonchev–Trinajstić information content (AvgIpc) is 2.98. The van der Waals surface area contributed by atoms with Gasteiger partial charge in [0.1, 0.15) is 0 Å². The Kier molecular flexibility index (Phi) is 7.16. The minimum atomic E-state index is 0.879. The molecule has 4 heteroatoms. The molecule has 0 fully saturated rings. The van der Waals surface area contributed by atoms with Gasteiger partial charge >= 0.3 is 0 Å². The van der Waals surface area contributed by atoms with Gasteiger partial charge in [-0.25, -0.2) is 0 Å². The maximum Gasteiger partial charge on any atom is 0.159 e. The third-order valence-corrected chi connectivity index (χ3v) is 5.47. The van der Waals surface area contributed by atoms with E-state index in [4.69, 9.17) is 12.2 Å². The zero-order chi connectivity index (χ0) is 17.5. The van der Waals surface area contributed by atoms with Crippen LogP contribution in [-0.4, -0.2) is 30.0 Å². The number of thiazole rings is 1. The molecule has 2 nitrogen and oxygen atoms in total. The summed E-state index contributed by atoms with van der Waals surface area (Å²) >= 11 is 6.99. The van der Waals surface area contributed by atoms with Gasteiger partial charge in [0.05, 0.1) is 10.2 Å². The number of nitrogens with one attached hydrogen (secondary N) is 1. The summed E-state index contributed by atoms with van der Waals surface area (Å²) in [4.78, 5) is 5.66. The number of aryl methyl sites for hydroxylation is 2. The second-order valence-electron chi connectivity index (χ2n) is 6.01. The molecule has 0 aliphatic heterocycles. The topological polar surface area (TPSA) is 19.0 Å². The molecular weight excluding hydrogens is 332 g/mol. The molecule has 1 N–H and O–H groups in total. The summed E-state index contributed by atoms with van der Waals surface area (Å²) in [7, 11) is 2.17. The molecule has 0 bridgehead atoms. The highest BCUT2D eigenvalue weighted by molar-refractivity contribution is 7.73. The van der Waals surface area contributed by atoms with Crippen LogP contribution in [0.4, 0.5) is 0 Å². The zero-order valence-corrected chi connectivity index (χ0v) is 16.6. The number of fused-ring (bicyclic) bond motifs is 1. The molecule has 0 unspecified atom stereocenters. The summed E-state index contributed by atoms with van der Waals surface area (Å²) in [6, 6.07) is 14.3. The van der Waals surface area contributed by atoms with Gasteiger partial charge in [-0.3, -0.25) is 0 Å². The van der Waals surface area contributed by atoms with Crippen LogP contribution in [0.2, 0.25) is 0 Å². The molecule has 1 heterocycles. The van der Waals surface area contributed by atoms with Crippen molar-refractivity contribution in [2.24, 2.45) is 0 Å². The number of aromatic amines is 1. The minimum Gasteiger partial charge on any atom is -0.337 e. The maximum atomic E-state index is 5.29. The molecule has 0 radical (unpaired) electrons. The highest BCUT2D eigenvalue weighted by atomic mass is 32.1. The standard InChI is InChI=1S/C14H20N2S2.C6H6/c1-5-16(4)7-6-11-9(2)8-10(3)12-13(11)18-14(17)15-12;1-2-4-6-5-3-1/h8H,5-7H2,1-4H3,(H,15,17);1-6H. The number of aromatic nitrogens is 1. The van der Waals surface area contributed by atoms with E-state index in [9.17, 15) is 0 Å². The lowest BCUT2D eigenvalue weighted by Gasteiger charge is -2.15. The Hall–Kier alpha value is -1.49. The number of nitrogens with zero attached hydrogens (tertiary/aromatic N) is 1. The molecule has 0 spiro atoms. The van der Waals surface area contributed by atoms with E-state index in [1.54, 1.807) is 11.3 Å². The van der Waals surface area contributed by atoms with E-state index in [1.165, 1.54) is 26.9 Å². The van der Waals surface area contributed by atoms with Crippen molar-refractivity contribution in [1.29, 1.82) is 0 Å². The van der Waals surface area contributed by atoms with E-state index < -0.39 is 0 Å². The van der Waals surface area contributed by atoms with Gasteiger partial charge in [0, 0.05) is 6.54 Å². The predicted octanol–water partition coefficient (Wildman–Crippen LogP) is 5.76. The first-order valence-electron chi connectivity index (χ1n) is 8.33. The molecule has 1 aromatic heterocycles. The van der Waals surface area contributed by atoms with E-state index in [0.29, 0.717) is 0 Å². The number of rotatable bonds is 4. The van der Waals surface area contributed by atoms with Crippen LogP contribution in [0.3, 0.4) is 0 Å². The van der Waals surface area contributed by atoms with E-state index in [-0.39, 0.29) is 0 Å². The molecule has 0 saturated heterocycles. The lowest BCUT2D eigenvalue weighted by molar-refractivity contribution is 0.358. The van der Waals surface area contributed by atoms with Crippen LogP contribution in [0.1, 0.15) is 23.6 Å². The third kappa shape index (κ3) is 5.00. The molecule has 0 saturated carbocycles. The number of benzene rings is 2. The number of H-pyrrole nitrogens is 1. The van der Waals surface area contributed by atoms with Crippen molar-refractivity contribution in [3.63, 3.8) is 0 Å². The minimum absolute atomic E-state index is 0.879. The summed E-state index contributed by atoms with van der Waals surface area (Å²) in [5.41, 5.74) is 5.36. The Balaban J connectivity index is 0.000000292. The lowest BCUT2D eigenvalue weighted by atomic mass is 10.0. The first-order chi connectivity index (χ1) is 11.5. The van der Waals surface area contributed by atoms with Crippen molar-refractivity contribution in [2.45, 2.75) is 27.2 Å². The van der Waals surface area contributed by atoms with Gasteiger partial charge < -0.3 is 9.88 Å². The monoisotopic (exact) mass is 358 g/mol. The number of hydrogen-bond acceptors (Lipinski definition) is 3. The van der Waals surface area contributed by atoms with Crippen LogP contribution in [0, 0.1) is 17.8 Å². The lowest BCUT2D eigenvalue weighted by Crippen LogP contribution is -2.20. The molecule has 2 aromatic carbocycles. The van der Waals surface area contributed by atoms with E-state index in [2.05, 4.69) is 43.8 Å². The average molecular weight is 359 g/mol. The van der Waals surface area contributed by atoms with Crippen molar-refractivity contribution in [1.82, 2.24) is 9.88 Å². The van der Waals surface area contributed by atoms with Crippen molar-refractivity contribution in [3.05, 3.63) is 63.1 Å². The van der Waals surface area contributed by atoms with Crippen molar-refractivity contribution < 1.29 is 0 Å². The van der Waals surface area contributed by atoms with Gasteiger partial charge in [0.2, 0.25) is 0 Å². The molecular formula is C20H26N2S2. The quantitative estimate of drug-likeness (QED) is 0.598.